The van der Waals surface area contributed by atoms with Crippen LogP contribution in [0.5, 0.6) is 5.75 Å². The lowest BCUT2D eigenvalue weighted by Crippen LogP contribution is -2.62. The number of aryl methyl sites for hydroxylation is 2. The smallest absolute Gasteiger partial charge is 0.460 e. The second-order valence-corrected chi connectivity index (χ2v) is 8.57. The number of alkyl halides is 7. The van der Waals surface area contributed by atoms with Gasteiger partial charge in [-0.1, -0.05) is 29.3 Å². The first-order valence-electron chi connectivity index (χ1n) is 10.8. The molecule has 3 rings (SSSR count). The van der Waals surface area contributed by atoms with Crippen molar-refractivity contribution in [3.63, 3.8) is 0 Å². The Balaban J connectivity index is 1.56. The van der Waals surface area contributed by atoms with Crippen LogP contribution in [0.15, 0.2) is 39.7 Å². The van der Waals surface area contributed by atoms with E-state index >= 15 is 0 Å². The highest BCUT2D eigenvalue weighted by Crippen LogP contribution is 2.47. The molecule has 1 amide bonds. The fraction of sp³-hybridized carbons (Fsp3) is 0.478. The maximum absolute atomic E-state index is 13.7. The van der Waals surface area contributed by atoms with Gasteiger partial charge in [0, 0.05) is 32.2 Å². The zero-order valence-electron chi connectivity index (χ0n) is 19.3. The molecule has 6 nitrogen and oxygen atoms in total. The molecule has 13 heteroatoms. The molecule has 1 saturated heterocycles. The molecule has 36 heavy (non-hydrogen) atoms. The number of carbonyl (C=O) groups is 1. The Morgan fingerprint density at radius 3 is 2.06 bits per heavy atom. The Morgan fingerprint density at radius 2 is 1.53 bits per heavy atom. The van der Waals surface area contributed by atoms with Crippen LogP contribution in [0.1, 0.15) is 22.5 Å². The zero-order valence-corrected chi connectivity index (χ0v) is 19.3. The summed E-state index contributed by atoms with van der Waals surface area (Å²) in [5.41, 5.74) is 2.47. The van der Waals surface area contributed by atoms with Gasteiger partial charge in [0.15, 0.2) is 0 Å². The van der Waals surface area contributed by atoms with Gasteiger partial charge in [0.2, 0.25) is 11.2 Å². The Bertz CT molecular complexity index is 1140. The number of nitrogens with zero attached hydrogens (tertiary/aromatic N) is 2. The second kappa shape index (κ2) is 10.1. The number of halogens is 7. The van der Waals surface area contributed by atoms with Crippen LogP contribution in [-0.2, 0) is 17.9 Å². The van der Waals surface area contributed by atoms with Gasteiger partial charge in [-0.05, 0) is 19.4 Å². The van der Waals surface area contributed by atoms with E-state index in [-0.39, 0.29) is 42.7 Å². The lowest BCUT2D eigenvalue weighted by molar-refractivity contribution is -0.346. The summed E-state index contributed by atoms with van der Waals surface area (Å²) in [7, 11) is 0. The molecule has 0 unspecified atom stereocenters. The Labute approximate surface area is 201 Å². The Morgan fingerprint density at radius 1 is 0.944 bits per heavy atom. The van der Waals surface area contributed by atoms with Gasteiger partial charge in [-0.15, -0.1) is 0 Å². The third-order valence-electron chi connectivity index (χ3n) is 5.59. The van der Waals surface area contributed by atoms with Crippen molar-refractivity contribution in [2.75, 3.05) is 26.2 Å². The summed E-state index contributed by atoms with van der Waals surface area (Å²) in [5, 5.41) is 0. The Hall–Kier alpha value is -3.09. The van der Waals surface area contributed by atoms with Gasteiger partial charge >= 0.3 is 18.0 Å². The third kappa shape index (κ3) is 5.82. The monoisotopic (exact) mass is 524 g/mol. The molecule has 0 saturated carbocycles. The summed E-state index contributed by atoms with van der Waals surface area (Å²) in [5.74, 6) is -14.9. The van der Waals surface area contributed by atoms with E-state index in [1.807, 2.05) is 32.0 Å². The standard InChI is InChI=1S/C23H23F7N2O4/c1-14-7-15(2)9-16(8-14)12-36-19-13-35-17(10-18(19)33)11-31-3-5-32(6-4-31)20(34)21(24,25)22(26,27)23(28,29)30/h7-10,13H,3-6,11-12H2,1-2H3. The molecule has 0 bridgehead atoms. The van der Waals surface area contributed by atoms with Crippen LogP contribution in [0.4, 0.5) is 30.7 Å². The highest BCUT2D eigenvalue weighted by atomic mass is 19.4. The lowest BCUT2D eigenvalue weighted by Gasteiger charge is -2.37. The molecular weight excluding hydrogens is 501 g/mol. The number of hydrogen-bond donors (Lipinski definition) is 0. The maximum Gasteiger partial charge on any atom is 0.460 e. The van der Waals surface area contributed by atoms with Crippen LogP contribution < -0.4 is 10.2 Å². The minimum absolute atomic E-state index is 0.0176. The molecule has 0 N–H and O–H groups in total. The van der Waals surface area contributed by atoms with Crippen molar-refractivity contribution in [2.45, 2.75) is 45.0 Å². The quantitative estimate of drug-likeness (QED) is 0.506. The summed E-state index contributed by atoms with van der Waals surface area (Å²) in [6.45, 7) is 2.76. The highest BCUT2D eigenvalue weighted by molar-refractivity contribution is 5.85. The molecule has 2 aromatic rings. The fourth-order valence-electron chi connectivity index (χ4n) is 3.78. The summed E-state index contributed by atoms with van der Waals surface area (Å²) >= 11 is 0. The van der Waals surface area contributed by atoms with Gasteiger partial charge in [-0.2, -0.15) is 30.7 Å². The summed E-state index contributed by atoms with van der Waals surface area (Å²) in [6, 6.07) is 6.99. The molecule has 1 aliphatic rings. The van der Waals surface area contributed by atoms with Crippen LogP contribution in [-0.4, -0.2) is 59.9 Å². The van der Waals surface area contributed by atoms with Crippen molar-refractivity contribution in [3.8, 4) is 5.75 Å². The predicted octanol–water partition coefficient (Wildman–Crippen LogP) is 4.31. The van der Waals surface area contributed by atoms with Crippen molar-refractivity contribution < 1.29 is 44.7 Å². The minimum atomic E-state index is -6.58. The first-order valence-corrected chi connectivity index (χ1v) is 10.8. The second-order valence-electron chi connectivity index (χ2n) is 8.57. The van der Waals surface area contributed by atoms with E-state index in [0.29, 0.717) is 0 Å². The van der Waals surface area contributed by atoms with E-state index < -0.39 is 42.4 Å². The van der Waals surface area contributed by atoms with Gasteiger partial charge in [-0.3, -0.25) is 14.5 Å². The summed E-state index contributed by atoms with van der Waals surface area (Å²) in [4.78, 5) is 26.0. The average Bonchev–Trinajstić information content (AvgIpc) is 2.77. The SMILES string of the molecule is Cc1cc(C)cc(COc2coc(CN3CCN(C(=O)C(F)(F)C(F)(F)C(F)(F)F)CC3)cc2=O)c1. The number of rotatable bonds is 7. The number of benzene rings is 1. The van der Waals surface area contributed by atoms with Crippen molar-refractivity contribution >= 4 is 5.91 Å². The molecule has 0 spiro atoms. The summed E-state index contributed by atoms with van der Waals surface area (Å²) in [6.07, 6.45) is -5.46. The minimum Gasteiger partial charge on any atom is -0.482 e. The number of piperazine rings is 1. The molecule has 1 aliphatic heterocycles. The van der Waals surface area contributed by atoms with Gasteiger partial charge in [0.05, 0.1) is 6.54 Å². The normalized spacial score (nSPS) is 15.8. The van der Waals surface area contributed by atoms with Crippen LogP contribution >= 0.6 is 0 Å². The van der Waals surface area contributed by atoms with E-state index in [1.165, 1.54) is 6.07 Å². The van der Waals surface area contributed by atoms with Gasteiger partial charge in [0.1, 0.15) is 18.6 Å². The van der Waals surface area contributed by atoms with E-state index in [9.17, 15) is 40.3 Å². The fourth-order valence-corrected chi connectivity index (χ4v) is 3.78. The number of amides is 1. The maximum atomic E-state index is 13.7. The molecule has 1 aromatic carbocycles. The van der Waals surface area contributed by atoms with Crippen LogP contribution in [0.3, 0.4) is 0 Å². The van der Waals surface area contributed by atoms with Gasteiger partial charge < -0.3 is 14.1 Å². The third-order valence-corrected chi connectivity index (χ3v) is 5.59. The lowest BCUT2D eigenvalue weighted by atomic mass is 10.1. The largest absolute Gasteiger partial charge is 0.482 e. The molecule has 198 valence electrons. The Kier molecular flexibility index (Phi) is 7.72. The number of carbonyl (C=O) groups excluding carboxylic acids is 1. The molecule has 0 aliphatic carbocycles. The van der Waals surface area contributed by atoms with Crippen molar-refractivity contribution in [1.82, 2.24) is 9.80 Å². The molecule has 1 aromatic heterocycles. The summed E-state index contributed by atoms with van der Waals surface area (Å²) < 4.78 is 102. The van der Waals surface area contributed by atoms with E-state index in [4.69, 9.17) is 9.15 Å². The topological polar surface area (TPSA) is 63.0 Å². The number of ether oxygens (including phenoxy) is 1. The van der Waals surface area contributed by atoms with Crippen molar-refractivity contribution in [3.05, 3.63) is 63.2 Å². The van der Waals surface area contributed by atoms with Gasteiger partial charge in [0.25, 0.3) is 5.91 Å². The van der Waals surface area contributed by atoms with Crippen LogP contribution in [0.2, 0.25) is 0 Å². The highest BCUT2D eigenvalue weighted by Gasteiger charge is 2.76. The van der Waals surface area contributed by atoms with E-state index in [1.54, 1.807) is 4.90 Å². The first kappa shape index (κ1) is 27.5. The molecule has 0 atom stereocenters. The van der Waals surface area contributed by atoms with Crippen molar-refractivity contribution in [1.29, 1.82) is 0 Å². The molecule has 2 heterocycles. The van der Waals surface area contributed by atoms with E-state index in [2.05, 4.69) is 0 Å². The first-order chi connectivity index (χ1) is 16.6. The van der Waals surface area contributed by atoms with Crippen LogP contribution in [0.25, 0.3) is 0 Å². The zero-order chi connectivity index (χ0) is 26.9. The van der Waals surface area contributed by atoms with Crippen LogP contribution in [0, 0.1) is 13.8 Å². The molecule has 1 fully saturated rings. The predicted molar refractivity (Wildman–Crippen MR) is 113 cm³/mol. The average molecular weight is 524 g/mol. The van der Waals surface area contributed by atoms with Crippen molar-refractivity contribution in [2.24, 2.45) is 0 Å². The van der Waals surface area contributed by atoms with E-state index in [0.717, 1.165) is 23.0 Å². The number of hydrogen-bond acceptors (Lipinski definition) is 5. The van der Waals surface area contributed by atoms with Gasteiger partial charge in [-0.25, -0.2) is 0 Å². The molecular formula is C23H23F7N2O4. The molecule has 0 radical (unpaired) electrons.